The Morgan fingerprint density at radius 3 is 2.04 bits per heavy atom. The third-order valence-electron chi connectivity index (χ3n) is 11.8. The first kappa shape index (κ1) is 39.2. The van der Waals surface area contributed by atoms with Gasteiger partial charge in [0, 0.05) is 39.7 Å². The van der Waals surface area contributed by atoms with E-state index in [4.69, 9.17) is 8.75 Å². The van der Waals surface area contributed by atoms with Gasteiger partial charge in [0.25, 0.3) is 0 Å². The van der Waals surface area contributed by atoms with E-state index >= 15 is 4.39 Å². The summed E-state index contributed by atoms with van der Waals surface area (Å²) in [5, 5.41) is 5.61. The number of thiophene rings is 4. The molecule has 2 atom stereocenters. The van der Waals surface area contributed by atoms with E-state index in [0.717, 1.165) is 39.1 Å². The minimum atomic E-state index is -2.11. The molecule has 282 valence electrons. The molecular formula is C44H55FN2S5Si. The number of hydrogen-bond acceptors (Lipinski definition) is 7. The van der Waals surface area contributed by atoms with Crippen LogP contribution in [0, 0.1) is 17.7 Å². The smallest absolute Gasteiger partial charge is 0.134 e. The van der Waals surface area contributed by atoms with Gasteiger partial charge in [0.15, 0.2) is 0 Å². The first-order chi connectivity index (χ1) is 25.9. The topological polar surface area (TPSA) is 25.8 Å². The molecule has 0 amide bonds. The summed E-state index contributed by atoms with van der Waals surface area (Å²) in [5.41, 5.74) is 3.05. The van der Waals surface area contributed by atoms with Crippen LogP contribution in [0.4, 0.5) is 4.39 Å². The van der Waals surface area contributed by atoms with Crippen LogP contribution in [0.3, 0.4) is 0 Å². The number of nitrogens with zero attached hydrogens (tertiary/aromatic N) is 2. The van der Waals surface area contributed by atoms with Crippen molar-refractivity contribution in [1.82, 2.24) is 8.75 Å². The molecule has 0 bridgehead atoms. The number of aryl methyl sites for hydroxylation is 1. The van der Waals surface area contributed by atoms with Gasteiger partial charge in [-0.2, -0.15) is 8.75 Å². The van der Waals surface area contributed by atoms with Gasteiger partial charge in [-0.15, -0.1) is 45.3 Å². The van der Waals surface area contributed by atoms with E-state index in [-0.39, 0.29) is 5.82 Å². The van der Waals surface area contributed by atoms with Crippen molar-refractivity contribution in [3.8, 4) is 40.4 Å². The molecule has 0 N–H and O–H groups in total. The number of aromatic nitrogens is 2. The molecular weight excluding hydrogens is 764 g/mol. The normalized spacial score (nSPS) is 16.4. The molecule has 1 aromatic carbocycles. The molecule has 0 saturated carbocycles. The van der Waals surface area contributed by atoms with E-state index in [0.29, 0.717) is 11.1 Å². The molecule has 6 aromatic rings. The molecule has 1 aliphatic rings. The Hall–Kier alpha value is -2.01. The Morgan fingerprint density at radius 1 is 0.642 bits per heavy atom. The molecule has 1 aliphatic heterocycles. The molecule has 53 heavy (non-hydrogen) atoms. The van der Waals surface area contributed by atoms with Gasteiger partial charge in [0.2, 0.25) is 0 Å². The maximum Gasteiger partial charge on any atom is 0.134 e. The zero-order valence-electron chi connectivity index (χ0n) is 32.2. The van der Waals surface area contributed by atoms with Crippen molar-refractivity contribution in [3.63, 3.8) is 0 Å². The molecule has 6 heterocycles. The second kappa shape index (κ2) is 17.8. The Kier molecular flexibility index (Phi) is 13.2. The Labute approximate surface area is 338 Å². The Bertz CT molecular complexity index is 2080. The molecule has 0 fully saturated rings. The van der Waals surface area contributed by atoms with Gasteiger partial charge in [0.1, 0.15) is 24.9 Å². The summed E-state index contributed by atoms with van der Waals surface area (Å²) in [6.45, 7) is 11.7. The number of unbranched alkanes of at least 4 members (excludes halogenated alkanes) is 5. The van der Waals surface area contributed by atoms with E-state index < -0.39 is 8.07 Å². The van der Waals surface area contributed by atoms with E-state index in [1.807, 2.05) is 34.0 Å². The molecule has 0 spiro atoms. The van der Waals surface area contributed by atoms with E-state index in [1.54, 1.807) is 27.8 Å². The van der Waals surface area contributed by atoms with Crippen LogP contribution in [0.1, 0.15) is 117 Å². The lowest BCUT2D eigenvalue weighted by atomic mass is 10.0. The number of hydrogen-bond donors (Lipinski definition) is 0. The summed E-state index contributed by atoms with van der Waals surface area (Å²) in [5.74, 6) is 1.29. The third-order valence-corrected chi connectivity index (χ3v) is 22.8. The maximum absolute atomic E-state index is 16.8. The maximum atomic E-state index is 16.8. The monoisotopic (exact) mass is 818 g/mol. The summed E-state index contributed by atoms with van der Waals surface area (Å²) in [6.07, 6.45) is 16.5. The predicted octanol–water partition coefficient (Wildman–Crippen LogP) is 15.2. The third kappa shape index (κ3) is 8.00. The Morgan fingerprint density at radius 2 is 1.32 bits per heavy atom. The lowest BCUT2D eigenvalue weighted by molar-refractivity contribution is 0.469. The summed E-state index contributed by atoms with van der Waals surface area (Å²) in [4.78, 5) is 8.98. The first-order valence-electron chi connectivity index (χ1n) is 20.3. The molecule has 0 saturated heterocycles. The van der Waals surface area contributed by atoms with Gasteiger partial charge in [-0.05, 0) is 88.9 Å². The van der Waals surface area contributed by atoms with Crippen molar-refractivity contribution >= 4 is 86.6 Å². The van der Waals surface area contributed by atoms with Crippen LogP contribution in [-0.4, -0.2) is 16.8 Å². The molecule has 2 unspecified atom stereocenters. The number of benzene rings is 1. The van der Waals surface area contributed by atoms with Gasteiger partial charge < -0.3 is 0 Å². The SMILES string of the molecule is CCCCCCc1ccc(-c2ccc(-c3cc(F)c(-c4cc5c(s4)-c4sccc4[Si]5(CC(CC)CCCC)CC(CC)CCCC)c4nsnc34)s2)s1. The zero-order chi connectivity index (χ0) is 37.0. The van der Waals surface area contributed by atoms with Crippen molar-refractivity contribution in [3.05, 3.63) is 58.5 Å². The predicted molar refractivity (Wildman–Crippen MR) is 240 cm³/mol. The summed E-state index contributed by atoms with van der Waals surface area (Å²) < 4.78 is 26.4. The minimum absolute atomic E-state index is 0.178. The highest BCUT2D eigenvalue weighted by Crippen LogP contribution is 2.49. The van der Waals surface area contributed by atoms with Crippen LogP contribution in [0.15, 0.2) is 47.8 Å². The molecule has 7 rings (SSSR count). The fourth-order valence-corrected chi connectivity index (χ4v) is 21.7. The van der Waals surface area contributed by atoms with Crippen LogP contribution in [0.2, 0.25) is 12.1 Å². The number of halogens is 1. The summed E-state index contributed by atoms with van der Waals surface area (Å²) in [7, 11) is -2.11. The van der Waals surface area contributed by atoms with Gasteiger partial charge in [0.05, 0.1) is 17.3 Å². The lowest BCUT2D eigenvalue weighted by Gasteiger charge is -2.35. The second-order valence-electron chi connectivity index (χ2n) is 15.3. The minimum Gasteiger partial charge on any atom is -0.206 e. The average molecular weight is 819 g/mol. The van der Waals surface area contributed by atoms with E-state index in [1.165, 1.54) is 125 Å². The highest BCUT2D eigenvalue weighted by Gasteiger charge is 2.49. The molecule has 9 heteroatoms. The van der Waals surface area contributed by atoms with Crippen molar-refractivity contribution in [2.24, 2.45) is 11.8 Å². The van der Waals surface area contributed by atoms with Crippen molar-refractivity contribution < 1.29 is 4.39 Å². The van der Waals surface area contributed by atoms with Crippen LogP contribution in [0.5, 0.6) is 0 Å². The Balaban J connectivity index is 1.26. The van der Waals surface area contributed by atoms with Crippen LogP contribution in [-0.2, 0) is 6.42 Å². The van der Waals surface area contributed by atoms with Gasteiger partial charge in [-0.3, -0.25) is 0 Å². The van der Waals surface area contributed by atoms with Crippen LogP contribution >= 0.6 is 57.1 Å². The first-order valence-corrected chi connectivity index (χ1v) is 26.8. The number of fused-ring (bicyclic) bond motifs is 4. The molecule has 2 nitrogen and oxygen atoms in total. The lowest BCUT2D eigenvalue weighted by Crippen LogP contribution is -2.56. The molecule has 0 radical (unpaired) electrons. The van der Waals surface area contributed by atoms with Crippen LogP contribution in [0.25, 0.3) is 51.4 Å². The fraction of sp³-hybridized carbons (Fsp3) is 0.500. The van der Waals surface area contributed by atoms with Crippen molar-refractivity contribution in [1.29, 1.82) is 0 Å². The highest BCUT2D eigenvalue weighted by atomic mass is 32.1. The molecule has 0 aliphatic carbocycles. The average Bonchev–Trinajstić information content (AvgIpc) is 4.02. The largest absolute Gasteiger partial charge is 0.206 e. The zero-order valence-corrected chi connectivity index (χ0v) is 37.3. The van der Waals surface area contributed by atoms with E-state index in [2.05, 4.69) is 76.4 Å². The number of rotatable bonds is 20. The quantitative estimate of drug-likeness (QED) is 0.0566. The van der Waals surface area contributed by atoms with Crippen molar-refractivity contribution in [2.45, 2.75) is 130 Å². The second-order valence-corrected chi connectivity index (χ2v) is 24.1. The van der Waals surface area contributed by atoms with E-state index in [9.17, 15) is 0 Å². The van der Waals surface area contributed by atoms with Gasteiger partial charge >= 0.3 is 0 Å². The van der Waals surface area contributed by atoms with Gasteiger partial charge in [-0.25, -0.2) is 4.39 Å². The van der Waals surface area contributed by atoms with Crippen LogP contribution < -0.4 is 10.4 Å². The summed E-state index contributed by atoms with van der Waals surface area (Å²) >= 11 is 8.59. The van der Waals surface area contributed by atoms with Gasteiger partial charge in [-0.1, -0.05) is 111 Å². The molecule has 5 aromatic heterocycles. The highest BCUT2D eigenvalue weighted by molar-refractivity contribution is 7.30. The van der Waals surface area contributed by atoms with Crippen molar-refractivity contribution in [2.75, 3.05) is 0 Å². The summed E-state index contributed by atoms with van der Waals surface area (Å²) in [6, 6.07) is 18.2. The fourth-order valence-electron chi connectivity index (χ4n) is 8.76. The standard InChI is InChI=1S/C44H55FN2S5Si/c1-6-11-14-15-18-31-19-20-35(49-31)36-22-21-34(50-36)32-25-33(45)40(42-41(32)46-52-47-42)37-26-39-44(51-37)43-38(23-24-48-43)53(39,27-29(9-4)16-12-7-2)28-30(10-5)17-13-8-3/h19-26,29-30H,6-18,27-28H2,1-5H3.